The first-order valence-corrected chi connectivity index (χ1v) is 11.5. The van der Waals surface area contributed by atoms with E-state index in [0.29, 0.717) is 18.4 Å². The number of ether oxygens (including phenoxy) is 1. The van der Waals surface area contributed by atoms with Gasteiger partial charge in [-0.25, -0.2) is 4.79 Å². The second-order valence-electron chi connectivity index (χ2n) is 8.38. The number of carbonyl (C=O) groups is 1. The number of rotatable bonds is 7. The number of benzene rings is 1. The Labute approximate surface area is 197 Å². The summed E-state index contributed by atoms with van der Waals surface area (Å²) in [6, 6.07) is 5.44. The Morgan fingerprint density at radius 3 is 2.64 bits per heavy atom. The van der Waals surface area contributed by atoms with E-state index in [-0.39, 0.29) is 29.7 Å². The van der Waals surface area contributed by atoms with Gasteiger partial charge < -0.3 is 15.0 Å². The Balaban J connectivity index is 1.85. The van der Waals surface area contributed by atoms with Crippen molar-refractivity contribution in [2.24, 2.45) is 0 Å². The third-order valence-electron chi connectivity index (χ3n) is 6.12. The number of nitrogens with zero attached hydrogens (tertiary/aromatic N) is 3. The molecular weight excluding hydrogens is 457 g/mol. The molecule has 1 N–H and O–H groups in total. The second kappa shape index (κ2) is 10.8. The standard InChI is InChI=1S/C23H30ClF3N4O2/c1-4-18-11-21(13-19(29-18)12-20-6-7-28-31(20)5-2)30(22(32)33-3)14-15-8-16(23(25,26)27)10-17(24)9-15/h6-10,18-19,21,29H,4-5,11-14H2,1-3H3. The molecule has 3 unspecified atom stereocenters. The zero-order valence-electron chi connectivity index (χ0n) is 19.0. The Kier molecular flexibility index (Phi) is 8.28. The van der Waals surface area contributed by atoms with Crippen LogP contribution >= 0.6 is 11.6 Å². The van der Waals surface area contributed by atoms with Gasteiger partial charge in [0.2, 0.25) is 0 Å². The van der Waals surface area contributed by atoms with Crippen LogP contribution < -0.4 is 5.32 Å². The Hall–Kier alpha value is -2.26. The highest BCUT2D eigenvalue weighted by molar-refractivity contribution is 6.30. The molecule has 0 bridgehead atoms. The monoisotopic (exact) mass is 486 g/mol. The highest BCUT2D eigenvalue weighted by Crippen LogP contribution is 2.33. The first-order chi connectivity index (χ1) is 15.6. The van der Waals surface area contributed by atoms with Crippen LogP contribution in [-0.4, -0.2) is 46.0 Å². The largest absolute Gasteiger partial charge is 0.453 e. The van der Waals surface area contributed by atoms with Crippen molar-refractivity contribution < 1.29 is 22.7 Å². The summed E-state index contributed by atoms with van der Waals surface area (Å²) in [7, 11) is 1.28. The van der Waals surface area contributed by atoms with Gasteiger partial charge in [-0.05, 0) is 56.0 Å². The molecule has 1 aromatic carbocycles. The van der Waals surface area contributed by atoms with E-state index < -0.39 is 17.8 Å². The van der Waals surface area contributed by atoms with E-state index >= 15 is 0 Å². The van der Waals surface area contributed by atoms with Crippen LogP contribution in [0.5, 0.6) is 0 Å². The maximum absolute atomic E-state index is 13.3. The fourth-order valence-electron chi connectivity index (χ4n) is 4.54. The molecule has 0 spiro atoms. The molecule has 1 aliphatic heterocycles. The molecule has 1 aromatic heterocycles. The van der Waals surface area contributed by atoms with Crippen molar-refractivity contribution in [3.63, 3.8) is 0 Å². The molecule has 3 rings (SSSR count). The summed E-state index contributed by atoms with van der Waals surface area (Å²) in [5.41, 5.74) is 0.574. The average molecular weight is 487 g/mol. The van der Waals surface area contributed by atoms with Crippen LogP contribution in [0.1, 0.15) is 49.9 Å². The molecular formula is C23H30ClF3N4O2. The number of aryl methyl sites for hydroxylation is 1. The van der Waals surface area contributed by atoms with Crippen molar-refractivity contribution in [3.05, 3.63) is 52.3 Å². The third kappa shape index (κ3) is 6.41. The Bertz CT molecular complexity index is 950. The summed E-state index contributed by atoms with van der Waals surface area (Å²) in [6.07, 6.45) is -0.382. The summed E-state index contributed by atoms with van der Waals surface area (Å²) < 4.78 is 46.8. The summed E-state index contributed by atoms with van der Waals surface area (Å²) in [6.45, 7) is 4.85. The van der Waals surface area contributed by atoms with E-state index in [1.807, 2.05) is 17.7 Å². The van der Waals surface area contributed by atoms with Crippen molar-refractivity contribution in [2.45, 2.75) is 76.9 Å². The minimum absolute atomic E-state index is 0.0168. The Morgan fingerprint density at radius 2 is 2.00 bits per heavy atom. The van der Waals surface area contributed by atoms with E-state index in [1.54, 1.807) is 6.20 Å². The predicted octanol–water partition coefficient (Wildman–Crippen LogP) is 5.29. The van der Waals surface area contributed by atoms with Crippen LogP contribution in [-0.2, 0) is 30.4 Å². The van der Waals surface area contributed by atoms with E-state index in [2.05, 4.69) is 17.3 Å². The van der Waals surface area contributed by atoms with Gasteiger partial charge in [0.15, 0.2) is 0 Å². The Morgan fingerprint density at radius 1 is 1.27 bits per heavy atom. The van der Waals surface area contributed by atoms with Crippen molar-refractivity contribution >= 4 is 17.7 Å². The third-order valence-corrected chi connectivity index (χ3v) is 6.34. The number of alkyl halides is 3. The molecule has 10 heteroatoms. The minimum atomic E-state index is -4.52. The van der Waals surface area contributed by atoms with Crippen molar-refractivity contribution in [1.82, 2.24) is 20.0 Å². The van der Waals surface area contributed by atoms with Crippen molar-refractivity contribution in [2.75, 3.05) is 7.11 Å². The molecule has 6 nitrogen and oxygen atoms in total. The molecule has 2 heterocycles. The summed E-state index contributed by atoms with van der Waals surface area (Å²) in [5.74, 6) is 0. The predicted molar refractivity (Wildman–Crippen MR) is 120 cm³/mol. The van der Waals surface area contributed by atoms with Gasteiger partial charge >= 0.3 is 12.3 Å². The van der Waals surface area contributed by atoms with E-state index in [9.17, 15) is 18.0 Å². The minimum Gasteiger partial charge on any atom is -0.453 e. The molecule has 0 aliphatic carbocycles. The topological polar surface area (TPSA) is 59.4 Å². The molecule has 1 saturated heterocycles. The number of amides is 1. The van der Waals surface area contributed by atoms with Gasteiger partial charge in [0.05, 0.1) is 12.7 Å². The SMILES string of the molecule is CCC1CC(N(Cc2cc(Cl)cc(C(F)(F)F)c2)C(=O)OC)CC(Cc2ccnn2CC)N1. The fourth-order valence-corrected chi connectivity index (χ4v) is 4.79. The van der Waals surface area contributed by atoms with E-state index in [4.69, 9.17) is 16.3 Å². The normalized spacial score (nSPS) is 21.1. The van der Waals surface area contributed by atoms with Gasteiger partial charge in [0, 0.05) is 54.5 Å². The van der Waals surface area contributed by atoms with Gasteiger partial charge in [-0.3, -0.25) is 4.68 Å². The van der Waals surface area contributed by atoms with E-state index in [1.165, 1.54) is 18.1 Å². The number of carbonyl (C=O) groups excluding carboxylic acids is 1. The molecule has 0 radical (unpaired) electrons. The molecule has 0 saturated carbocycles. The number of methoxy groups -OCH3 is 1. The van der Waals surface area contributed by atoms with E-state index in [0.717, 1.165) is 37.2 Å². The maximum atomic E-state index is 13.3. The van der Waals surface area contributed by atoms with Crippen LogP contribution in [0.3, 0.4) is 0 Å². The van der Waals surface area contributed by atoms with Crippen LogP contribution in [0.25, 0.3) is 0 Å². The molecule has 1 aliphatic rings. The molecule has 1 amide bonds. The van der Waals surface area contributed by atoms with Crippen LogP contribution in [0, 0.1) is 0 Å². The zero-order valence-corrected chi connectivity index (χ0v) is 19.8. The van der Waals surface area contributed by atoms with Crippen molar-refractivity contribution in [3.8, 4) is 0 Å². The lowest BCUT2D eigenvalue weighted by molar-refractivity contribution is -0.137. The summed E-state index contributed by atoms with van der Waals surface area (Å²) in [5, 5.41) is 7.95. The molecule has 182 valence electrons. The van der Waals surface area contributed by atoms with Gasteiger partial charge in [-0.15, -0.1) is 0 Å². The lowest BCUT2D eigenvalue weighted by Crippen LogP contribution is -2.54. The quantitative estimate of drug-likeness (QED) is 0.578. The molecule has 2 aromatic rings. The van der Waals surface area contributed by atoms with Gasteiger partial charge in [0.1, 0.15) is 0 Å². The average Bonchev–Trinajstić information content (AvgIpc) is 3.22. The lowest BCUT2D eigenvalue weighted by atomic mass is 9.89. The number of halogens is 4. The number of nitrogens with one attached hydrogen (secondary N) is 1. The van der Waals surface area contributed by atoms with Crippen molar-refractivity contribution in [1.29, 1.82) is 0 Å². The zero-order chi connectivity index (χ0) is 24.2. The second-order valence-corrected chi connectivity index (χ2v) is 8.82. The summed E-state index contributed by atoms with van der Waals surface area (Å²) >= 11 is 5.96. The summed E-state index contributed by atoms with van der Waals surface area (Å²) in [4.78, 5) is 14.2. The van der Waals surface area contributed by atoms with Crippen LogP contribution in [0.15, 0.2) is 30.5 Å². The first-order valence-electron chi connectivity index (χ1n) is 11.1. The highest BCUT2D eigenvalue weighted by atomic mass is 35.5. The molecule has 1 fully saturated rings. The number of piperidine rings is 1. The maximum Gasteiger partial charge on any atom is 0.416 e. The number of aromatic nitrogens is 2. The highest BCUT2D eigenvalue weighted by Gasteiger charge is 2.35. The van der Waals surface area contributed by atoms with Gasteiger partial charge in [-0.1, -0.05) is 18.5 Å². The smallest absolute Gasteiger partial charge is 0.416 e. The molecule has 3 atom stereocenters. The van der Waals surface area contributed by atoms with Gasteiger partial charge in [-0.2, -0.15) is 18.3 Å². The lowest BCUT2D eigenvalue weighted by Gasteiger charge is -2.41. The number of hydrogen-bond acceptors (Lipinski definition) is 4. The number of hydrogen-bond donors (Lipinski definition) is 1. The first kappa shape index (κ1) is 25.4. The van der Waals surface area contributed by atoms with Gasteiger partial charge in [0.25, 0.3) is 0 Å². The fraction of sp³-hybridized carbons (Fsp3) is 0.565. The van der Waals surface area contributed by atoms with Crippen LogP contribution in [0.4, 0.5) is 18.0 Å². The van der Waals surface area contributed by atoms with Crippen LogP contribution in [0.2, 0.25) is 5.02 Å². The molecule has 33 heavy (non-hydrogen) atoms.